The lowest BCUT2D eigenvalue weighted by Gasteiger charge is -2.35. The molecule has 0 saturated carbocycles. The van der Waals surface area contributed by atoms with E-state index in [1.165, 1.54) is 9.21 Å². The number of allylic oxidation sites excluding steroid dienone is 2. The number of carbonyl (C=O) groups excluding carboxylic acids is 2. The van der Waals surface area contributed by atoms with Crippen LogP contribution in [0.1, 0.15) is 24.0 Å². The van der Waals surface area contributed by atoms with E-state index < -0.39 is 10.0 Å². The third-order valence-electron chi connectivity index (χ3n) is 6.23. The summed E-state index contributed by atoms with van der Waals surface area (Å²) in [4.78, 5) is 29.0. The number of hydrogen-bond donors (Lipinski definition) is 0. The van der Waals surface area contributed by atoms with Crippen LogP contribution < -0.4 is 0 Å². The Labute approximate surface area is 172 Å². The zero-order valence-corrected chi connectivity index (χ0v) is 17.7. The number of piperazine rings is 1. The Bertz CT molecular complexity index is 938. The van der Waals surface area contributed by atoms with E-state index in [0.717, 1.165) is 11.1 Å². The highest BCUT2D eigenvalue weighted by molar-refractivity contribution is 7.89. The highest BCUT2D eigenvalue weighted by Gasteiger charge is 2.47. The SMILES string of the molecule is Cc1ccc(C)c(S(=O)(=O)N2CCN(CN3C(=O)[C@@H]4CC=CC[C@H]4C3=O)CC2)c1. The monoisotopic (exact) mass is 417 g/mol. The first-order chi connectivity index (χ1) is 13.8. The lowest BCUT2D eigenvalue weighted by atomic mass is 9.85. The van der Waals surface area contributed by atoms with E-state index in [1.54, 1.807) is 6.07 Å². The Kier molecular flexibility index (Phi) is 5.35. The van der Waals surface area contributed by atoms with Crippen molar-refractivity contribution >= 4 is 21.8 Å². The summed E-state index contributed by atoms with van der Waals surface area (Å²) in [5, 5.41) is 0. The molecule has 29 heavy (non-hydrogen) atoms. The van der Waals surface area contributed by atoms with Gasteiger partial charge in [0.25, 0.3) is 0 Å². The maximum absolute atomic E-state index is 13.1. The topological polar surface area (TPSA) is 78.0 Å². The van der Waals surface area contributed by atoms with Crippen LogP contribution in [-0.2, 0) is 19.6 Å². The molecule has 3 aliphatic rings. The van der Waals surface area contributed by atoms with Crippen molar-refractivity contribution in [3.8, 4) is 0 Å². The molecule has 2 amide bonds. The molecule has 2 atom stereocenters. The smallest absolute Gasteiger partial charge is 0.243 e. The lowest BCUT2D eigenvalue weighted by Crippen LogP contribution is -2.52. The standard InChI is InChI=1S/C21H27N3O4S/c1-15-7-8-16(2)19(13-15)29(27,28)23-11-9-22(10-12-23)14-24-20(25)17-5-3-4-6-18(17)21(24)26/h3-4,7-8,13,17-18H,5-6,9-12,14H2,1-2H3/t17-,18-/m1/s1. The fourth-order valence-corrected chi connectivity index (χ4v) is 6.18. The maximum atomic E-state index is 13.1. The molecule has 0 aromatic heterocycles. The van der Waals surface area contributed by atoms with Crippen molar-refractivity contribution in [2.45, 2.75) is 31.6 Å². The van der Waals surface area contributed by atoms with Crippen LogP contribution in [-0.4, -0.2) is 67.2 Å². The number of imide groups is 1. The predicted molar refractivity (Wildman–Crippen MR) is 108 cm³/mol. The van der Waals surface area contributed by atoms with E-state index in [4.69, 9.17) is 0 Å². The summed E-state index contributed by atoms with van der Waals surface area (Å²) >= 11 is 0. The second-order valence-electron chi connectivity index (χ2n) is 8.19. The van der Waals surface area contributed by atoms with Crippen molar-refractivity contribution in [1.29, 1.82) is 0 Å². The Morgan fingerprint density at radius 1 is 0.931 bits per heavy atom. The van der Waals surface area contributed by atoms with Crippen molar-refractivity contribution < 1.29 is 18.0 Å². The van der Waals surface area contributed by atoms with Crippen molar-refractivity contribution in [2.24, 2.45) is 11.8 Å². The average Bonchev–Trinajstić information content (AvgIpc) is 2.95. The first-order valence-corrected chi connectivity index (χ1v) is 11.5. The van der Waals surface area contributed by atoms with Crippen LogP contribution in [0.3, 0.4) is 0 Å². The number of fused-ring (bicyclic) bond motifs is 1. The first kappa shape index (κ1) is 20.3. The fraction of sp³-hybridized carbons (Fsp3) is 0.524. The van der Waals surface area contributed by atoms with Gasteiger partial charge in [-0.25, -0.2) is 8.42 Å². The van der Waals surface area contributed by atoms with Crippen molar-refractivity contribution in [2.75, 3.05) is 32.8 Å². The number of nitrogens with zero attached hydrogens (tertiary/aromatic N) is 3. The summed E-state index contributed by atoms with van der Waals surface area (Å²) in [5.74, 6) is -0.624. The number of aryl methyl sites for hydroxylation is 2. The summed E-state index contributed by atoms with van der Waals surface area (Å²) in [7, 11) is -3.55. The molecule has 0 spiro atoms. The fourth-order valence-electron chi connectivity index (χ4n) is 4.44. The van der Waals surface area contributed by atoms with Gasteiger partial charge in [-0.05, 0) is 43.9 Å². The van der Waals surface area contributed by atoms with Gasteiger partial charge in [0.15, 0.2) is 0 Å². The summed E-state index contributed by atoms with van der Waals surface area (Å²) in [6.45, 7) is 5.63. The molecule has 2 heterocycles. The van der Waals surface area contributed by atoms with Crippen molar-refractivity contribution in [3.05, 3.63) is 41.5 Å². The number of rotatable bonds is 4. The van der Waals surface area contributed by atoms with Gasteiger partial charge in [0.1, 0.15) is 0 Å². The van der Waals surface area contributed by atoms with Crippen LogP contribution in [0.5, 0.6) is 0 Å². The molecule has 156 valence electrons. The minimum Gasteiger partial charge on any atom is -0.283 e. The molecule has 0 bridgehead atoms. The van der Waals surface area contributed by atoms with Crippen LogP contribution >= 0.6 is 0 Å². The third-order valence-corrected chi connectivity index (χ3v) is 8.27. The van der Waals surface area contributed by atoms with Gasteiger partial charge in [0, 0.05) is 26.2 Å². The number of hydrogen-bond acceptors (Lipinski definition) is 5. The highest BCUT2D eigenvalue weighted by atomic mass is 32.2. The highest BCUT2D eigenvalue weighted by Crippen LogP contribution is 2.35. The molecule has 4 rings (SSSR count). The first-order valence-electron chi connectivity index (χ1n) is 10.1. The van der Waals surface area contributed by atoms with Gasteiger partial charge in [0.2, 0.25) is 21.8 Å². The molecule has 8 heteroatoms. The zero-order chi connectivity index (χ0) is 20.8. The molecule has 2 saturated heterocycles. The molecule has 0 N–H and O–H groups in total. The van der Waals surface area contributed by atoms with Crippen molar-refractivity contribution in [3.63, 3.8) is 0 Å². The van der Waals surface area contributed by atoms with Gasteiger partial charge in [-0.1, -0.05) is 24.3 Å². The largest absolute Gasteiger partial charge is 0.283 e. The maximum Gasteiger partial charge on any atom is 0.243 e. The molecule has 7 nitrogen and oxygen atoms in total. The summed E-state index contributed by atoms with van der Waals surface area (Å²) < 4.78 is 27.6. The Balaban J connectivity index is 1.40. The molecular weight excluding hydrogens is 390 g/mol. The second kappa shape index (κ2) is 7.66. The van der Waals surface area contributed by atoms with Gasteiger partial charge in [-0.15, -0.1) is 0 Å². The zero-order valence-electron chi connectivity index (χ0n) is 16.9. The van der Waals surface area contributed by atoms with Crippen LogP contribution in [0, 0.1) is 25.7 Å². The number of sulfonamides is 1. The van der Waals surface area contributed by atoms with E-state index >= 15 is 0 Å². The van der Waals surface area contributed by atoms with E-state index in [2.05, 4.69) is 0 Å². The van der Waals surface area contributed by atoms with E-state index in [9.17, 15) is 18.0 Å². The normalized spacial score (nSPS) is 26.2. The van der Waals surface area contributed by atoms with Crippen LogP contribution in [0.4, 0.5) is 0 Å². The molecule has 0 unspecified atom stereocenters. The van der Waals surface area contributed by atoms with Gasteiger partial charge in [-0.3, -0.25) is 19.4 Å². The molecule has 1 aliphatic carbocycles. The van der Waals surface area contributed by atoms with Gasteiger partial charge >= 0.3 is 0 Å². The van der Waals surface area contributed by atoms with E-state index in [-0.39, 0.29) is 30.3 Å². The number of likely N-dealkylation sites (tertiary alicyclic amines) is 1. The van der Waals surface area contributed by atoms with Gasteiger partial charge in [-0.2, -0.15) is 4.31 Å². The Morgan fingerprint density at radius 2 is 1.52 bits per heavy atom. The van der Waals surface area contributed by atoms with E-state index in [1.807, 2.05) is 43.0 Å². The number of benzene rings is 1. The quantitative estimate of drug-likeness (QED) is 0.548. The van der Waals surface area contributed by atoms with Crippen LogP contribution in [0.25, 0.3) is 0 Å². The molecule has 2 aliphatic heterocycles. The molecule has 1 aromatic rings. The summed E-state index contributed by atoms with van der Waals surface area (Å²) in [6, 6.07) is 5.45. The Morgan fingerprint density at radius 3 is 2.10 bits per heavy atom. The number of carbonyl (C=O) groups is 2. The summed E-state index contributed by atoms with van der Waals surface area (Å²) in [6.07, 6.45) is 5.22. The molecular formula is C21H27N3O4S. The summed E-state index contributed by atoms with van der Waals surface area (Å²) in [5.41, 5.74) is 1.65. The minimum absolute atomic E-state index is 0.0882. The molecule has 2 fully saturated rings. The number of amides is 2. The third kappa shape index (κ3) is 3.65. The molecule has 0 radical (unpaired) electrons. The van der Waals surface area contributed by atoms with Crippen molar-refractivity contribution in [1.82, 2.24) is 14.1 Å². The average molecular weight is 418 g/mol. The van der Waals surface area contributed by atoms with Crippen LogP contribution in [0.15, 0.2) is 35.2 Å². The predicted octanol–water partition coefficient (Wildman–Crippen LogP) is 1.52. The lowest BCUT2D eigenvalue weighted by molar-refractivity contribution is -0.142. The van der Waals surface area contributed by atoms with Crippen LogP contribution in [0.2, 0.25) is 0 Å². The molecule has 1 aromatic carbocycles. The van der Waals surface area contributed by atoms with Gasteiger partial charge < -0.3 is 0 Å². The van der Waals surface area contributed by atoms with E-state index in [0.29, 0.717) is 43.9 Å². The van der Waals surface area contributed by atoms with Gasteiger partial charge in [0.05, 0.1) is 23.4 Å². The Hall–Kier alpha value is -2.03. The minimum atomic E-state index is -3.55. The second-order valence-corrected chi connectivity index (χ2v) is 10.1.